The van der Waals surface area contributed by atoms with E-state index in [1.165, 1.54) is 0 Å². The summed E-state index contributed by atoms with van der Waals surface area (Å²) in [5.74, 6) is 0. The first-order chi connectivity index (χ1) is 4.02. The van der Waals surface area contributed by atoms with Crippen molar-refractivity contribution in [2.75, 3.05) is 6.61 Å². The molecule has 1 saturated heterocycles. The zero-order valence-electron chi connectivity index (χ0n) is 5.97. The highest BCUT2D eigenvalue weighted by molar-refractivity contribution is 5.01. The topological polar surface area (TPSA) is 42.0 Å². The van der Waals surface area contributed by atoms with E-state index in [4.69, 9.17) is 9.99 Å². The Morgan fingerprint density at radius 3 is 2.22 bits per heavy atom. The SMILES string of the molecule is CC(C)(OO)C1(C)CO1. The van der Waals surface area contributed by atoms with E-state index in [1.54, 1.807) is 13.8 Å². The second kappa shape index (κ2) is 1.68. The lowest BCUT2D eigenvalue weighted by Gasteiger charge is -2.24. The Labute approximate surface area is 54.5 Å². The van der Waals surface area contributed by atoms with E-state index in [1.807, 2.05) is 6.92 Å². The van der Waals surface area contributed by atoms with Crippen molar-refractivity contribution in [1.82, 2.24) is 0 Å². The first kappa shape index (κ1) is 6.99. The Bertz CT molecular complexity index is 115. The van der Waals surface area contributed by atoms with Crippen LogP contribution in [0.5, 0.6) is 0 Å². The van der Waals surface area contributed by atoms with Gasteiger partial charge >= 0.3 is 0 Å². The number of ether oxygens (including phenoxy) is 1. The summed E-state index contributed by atoms with van der Waals surface area (Å²) in [6, 6.07) is 0. The molecule has 1 aliphatic heterocycles. The molecule has 1 fully saturated rings. The van der Waals surface area contributed by atoms with Crippen molar-refractivity contribution >= 4 is 0 Å². The maximum Gasteiger partial charge on any atom is 0.128 e. The van der Waals surface area contributed by atoms with Gasteiger partial charge in [0.05, 0.1) is 6.61 Å². The maximum absolute atomic E-state index is 8.39. The summed E-state index contributed by atoms with van der Waals surface area (Å²) in [6.45, 7) is 6.16. The molecule has 0 radical (unpaired) electrons. The van der Waals surface area contributed by atoms with Crippen LogP contribution < -0.4 is 0 Å². The quantitative estimate of drug-likeness (QED) is 0.347. The predicted molar refractivity (Wildman–Crippen MR) is 32.1 cm³/mol. The molecule has 1 aliphatic rings. The van der Waals surface area contributed by atoms with Gasteiger partial charge in [-0.1, -0.05) is 0 Å². The first-order valence-electron chi connectivity index (χ1n) is 2.98. The molecule has 54 valence electrons. The second-order valence-corrected chi connectivity index (χ2v) is 3.12. The normalized spacial score (nSPS) is 34.7. The molecular formula is C6H12O3. The lowest BCUT2D eigenvalue weighted by molar-refractivity contribution is -0.326. The number of rotatable bonds is 2. The monoisotopic (exact) mass is 132 g/mol. The van der Waals surface area contributed by atoms with E-state index in [2.05, 4.69) is 4.89 Å². The summed E-state index contributed by atoms with van der Waals surface area (Å²) in [7, 11) is 0. The largest absolute Gasteiger partial charge is 0.367 e. The fourth-order valence-electron chi connectivity index (χ4n) is 0.552. The van der Waals surface area contributed by atoms with Crippen molar-refractivity contribution in [3.05, 3.63) is 0 Å². The predicted octanol–water partition coefficient (Wildman–Crippen LogP) is 1.04. The maximum atomic E-state index is 8.39. The molecular weight excluding hydrogens is 120 g/mol. The number of hydrogen-bond acceptors (Lipinski definition) is 3. The van der Waals surface area contributed by atoms with Gasteiger partial charge in [-0.25, -0.2) is 4.89 Å². The molecule has 1 heterocycles. The highest BCUT2D eigenvalue weighted by Gasteiger charge is 2.54. The molecule has 1 atom stereocenters. The minimum atomic E-state index is -0.576. The molecule has 0 aromatic carbocycles. The molecule has 3 nitrogen and oxygen atoms in total. The van der Waals surface area contributed by atoms with Gasteiger partial charge in [0.15, 0.2) is 0 Å². The summed E-state index contributed by atoms with van der Waals surface area (Å²) in [5.41, 5.74) is -0.852. The second-order valence-electron chi connectivity index (χ2n) is 3.12. The summed E-state index contributed by atoms with van der Waals surface area (Å²) >= 11 is 0. The van der Waals surface area contributed by atoms with E-state index in [-0.39, 0.29) is 5.60 Å². The van der Waals surface area contributed by atoms with Crippen molar-refractivity contribution < 1.29 is 14.9 Å². The lowest BCUT2D eigenvalue weighted by Crippen LogP contribution is -2.39. The molecule has 3 heteroatoms. The molecule has 0 aromatic heterocycles. The van der Waals surface area contributed by atoms with Crippen LogP contribution in [-0.2, 0) is 9.62 Å². The van der Waals surface area contributed by atoms with E-state index in [9.17, 15) is 0 Å². The van der Waals surface area contributed by atoms with Crippen LogP contribution in [0.2, 0.25) is 0 Å². The van der Waals surface area contributed by atoms with E-state index < -0.39 is 5.60 Å². The highest BCUT2D eigenvalue weighted by Crippen LogP contribution is 2.39. The minimum absolute atomic E-state index is 0.276. The lowest BCUT2D eigenvalue weighted by atomic mass is 9.94. The minimum Gasteiger partial charge on any atom is -0.367 e. The summed E-state index contributed by atoms with van der Waals surface area (Å²) in [5, 5.41) is 8.39. The van der Waals surface area contributed by atoms with Gasteiger partial charge in [0.2, 0.25) is 0 Å². The third kappa shape index (κ3) is 0.956. The van der Waals surface area contributed by atoms with Gasteiger partial charge in [-0.3, -0.25) is 5.26 Å². The van der Waals surface area contributed by atoms with Crippen LogP contribution in [0, 0.1) is 0 Å². The molecule has 0 aromatic rings. The molecule has 0 amide bonds. The van der Waals surface area contributed by atoms with Crippen molar-refractivity contribution in [2.24, 2.45) is 0 Å². The zero-order chi connectivity index (χ0) is 7.12. The smallest absolute Gasteiger partial charge is 0.128 e. The van der Waals surface area contributed by atoms with Gasteiger partial charge in [0.1, 0.15) is 11.2 Å². The van der Waals surface area contributed by atoms with Gasteiger partial charge in [-0.05, 0) is 20.8 Å². The van der Waals surface area contributed by atoms with E-state index in [0.29, 0.717) is 6.61 Å². The van der Waals surface area contributed by atoms with E-state index in [0.717, 1.165) is 0 Å². The van der Waals surface area contributed by atoms with Crippen LogP contribution in [0.1, 0.15) is 20.8 Å². The fraction of sp³-hybridized carbons (Fsp3) is 1.00. The van der Waals surface area contributed by atoms with Crippen LogP contribution in [0.15, 0.2) is 0 Å². The molecule has 0 aliphatic carbocycles. The number of epoxide rings is 1. The van der Waals surface area contributed by atoms with Crippen molar-refractivity contribution in [2.45, 2.75) is 32.0 Å². The fourth-order valence-corrected chi connectivity index (χ4v) is 0.552. The van der Waals surface area contributed by atoms with Crippen LogP contribution in [0.3, 0.4) is 0 Å². The summed E-state index contributed by atoms with van der Waals surface area (Å²) in [6.07, 6.45) is 0. The van der Waals surface area contributed by atoms with Gasteiger partial charge in [0, 0.05) is 0 Å². The molecule has 0 bridgehead atoms. The Kier molecular flexibility index (Phi) is 1.31. The molecule has 9 heavy (non-hydrogen) atoms. The van der Waals surface area contributed by atoms with Gasteiger partial charge in [0.25, 0.3) is 0 Å². The van der Waals surface area contributed by atoms with Crippen LogP contribution in [0.4, 0.5) is 0 Å². The van der Waals surface area contributed by atoms with Gasteiger partial charge < -0.3 is 4.74 Å². The van der Waals surface area contributed by atoms with E-state index >= 15 is 0 Å². The van der Waals surface area contributed by atoms with Crippen molar-refractivity contribution in [3.8, 4) is 0 Å². The van der Waals surface area contributed by atoms with Crippen LogP contribution in [-0.4, -0.2) is 23.1 Å². The first-order valence-corrected chi connectivity index (χ1v) is 2.98. The third-order valence-electron chi connectivity index (χ3n) is 2.08. The third-order valence-corrected chi connectivity index (χ3v) is 2.08. The Morgan fingerprint density at radius 2 is 2.11 bits per heavy atom. The molecule has 1 rings (SSSR count). The van der Waals surface area contributed by atoms with Crippen molar-refractivity contribution in [3.63, 3.8) is 0 Å². The van der Waals surface area contributed by atoms with Gasteiger partial charge in [-0.2, -0.15) is 0 Å². The van der Waals surface area contributed by atoms with Gasteiger partial charge in [-0.15, -0.1) is 0 Å². The zero-order valence-corrected chi connectivity index (χ0v) is 5.97. The number of hydrogen-bond donors (Lipinski definition) is 1. The Morgan fingerprint density at radius 1 is 1.67 bits per heavy atom. The molecule has 0 saturated carbocycles. The molecule has 1 N–H and O–H groups in total. The average molecular weight is 132 g/mol. The summed E-state index contributed by atoms with van der Waals surface area (Å²) < 4.78 is 5.07. The standard InChI is InChI=1S/C6H12O3/c1-5(2,9-7)6(3)4-8-6/h7H,4H2,1-3H3. The Hall–Kier alpha value is -0.120. The Balaban J connectivity index is 2.58. The molecule has 1 unspecified atom stereocenters. The summed E-state index contributed by atoms with van der Waals surface area (Å²) in [4.78, 5) is 4.24. The average Bonchev–Trinajstić information content (AvgIpc) is 2.49. The highest BCUT2D eigenvalue weighted by atomic mass is 17.1. The van der Waals surface area contributed by atoms with Crippen LogP contribution >= 0.6 is 0 Å². The van der Waals surface area contributed by atoms with Crippen molar-refractivity contribution in [1.29, 1.82) is 0 Å². The molecule has 0 spiro atoms. The van der Waals surface area contributed by atoms with Crippen LogP contribution in [0.25, 0.3) is 0 Å².